The zero-order chi connectivity index (χ0) is 19.1. The normalized spacial score (nSPS) is 18.3. The maximum atomic E-state index is 12.9. The number of hydrogen-bond donors (Lipinski definition) is 2. The third kappa shape index (κ3) is 5.61. The highest BCUT2D eigenvalue weighted by molar-refractivity contribution is 6.31. The summed E-state index contributed by atoms with van der Waals surface area (Å²) in [5, 5.41) is 3.54. The van der Waals surface area contributed by atoms with Crippen LogP contribution in [0.3, 0.4) is 0 Å². The molecule has 26 heavy (non-hydrogen) atoms. The van der Waals surface area contributed by atoms with Crippen molar-refractivity contribution in [2.24, 2.45) is 5.73 Å². The van der Waals surface area contributed by atoms with Gasteiger partial charge in [-0.3, -0.25) is 9.59 Å². The monoisotopic (exact) mass is 381 g/mol. The van der Waals surface area contributed by atoms with Gasteiger partial charge in [-0.15, -0.1) is 0 Å². The number of carbonyl (C=O) groups is 2. The van der Waals surface area contributed by atoms with Crippen LogP contribution in [0.5, 0.6) is 5.75 Å². The number of ether oxygens (including phenoxy) is 1. The lowest BCUT2D eigenvalue weighted by molar-refractivity contribution is -0.142. The highest BCUT2D eigenvalue weighted by Crippen LogP contribution is 2.23. The van der Waals surface area contributed by atoms with E-state index in [4.69, 9.17) is 22.1 Å². The van der Waals surface area contributed by atoms with E-state index in [2.05, 4.69) is 5.32 Å². The van der Waals surface area contributed by atoms with E-state index in [-0.39, 0.29) is 17.9 Å². The summed E-state index contributed by atoms with van der Waals surface area (Å²) in [5.41, 5.74) is 6.30. The fraction of sp³-hybridized carbons (Fsp3) is 0.579. The van der Waals surface area contributed by atoms with Crippen LogP contribution in [0.1, 0.15) is 38.2 Å². The molecular weight excluding hydrogens is 354 g/mol. The predicted octanol–water partition coefficient (Wildman–Crippen LogP) is 2.26. The summed E-state index contributed by atoms with van der Waals surface area (Å²) in [6.07, 6.45) is 2.59. The Hall–Kier alpha value is -1.79. The number of hydrogen-bond acceptors (Lipinski definition) is 4. The summed E-state index contributed by atoms with van der Waals surface area (Å²) in [4.78, 5) is 26.4. The Morgan fingerprint density at radius 2 is 2.19 bits per heavy atom. The smallest absolute Gasteiger partial charge is 0.263 e. The third-order valence-corrected chi connectivity index (χ3v) is 5.03. The molecule has 0 aromatic heterocycles. The second-order valence-corrected chi connectivity index (χ2v) is 7.10. The quantitative estimate of drug-likeness (QED) is 0.758. The van der Waals surface area contributed by atoms with Crippen LogP contribution in [-0.2, 0) is 9.59 Å². The summed E-state index contributed by atoms with van der Waals surface area (Å²) in [5.74, 6) is 0.486. The minimum absolute atomic E-state index is 0.00372. The van der Waals surface area contributed by atoms with Crippen molar-refractivity contribution in [3.63, 3.8) is 0 Å². The van der Waals surface area contributed by atoms with Gasteiger partial charge in [0, 0.05) is 37.1 Å². The van der Waals surface area contributed by atoms with Gasteiger partial charge in [-0.05, 0) is 56.9 Å². The summed E-state index contributed by atoms with van der Waals surface area (Å²) in [7, 11) is 0. The van der Waals surface area contributed by atoms with Gasteiger partial charge in [0.25, 0.3) is 5.91 Å². The molecule has 1 aliphatic rings. The number of nitrogens with one attached hydrogen (secondary N) is 1. The van der Waals surface area contributed by atoms with Gasteiger partial charge in [0.05, 0.1) is 0 Å². The molecule has 0 radical (unpaired) electrons. The standard InChI is InChI=1S/C19H28ClN3O3/c1-13-11-16(6-7-17(13)20)26-14(2)19(25)23-10-4-3-5-15(23)12-22-18(24)8-9-21/h6-7,11,14-15H,3-5,8-10,12,21H2,1-2H3,(H,22,24). The van der Waals surface area contributed by atoms with Crippen molar-refractivity contribution in [3.05, 3.63) is 28.8 Å². The summed E-state index contributed by atoms with van der Waals surface area (Å²) in [6, 6.07) is 5.35. The molecule has 1 saturated heterocycles. The van der Waals surface area contributed by atoms with Crippen molar-refractivity contribution in [2.45, 2.75) is 51.7 Å². The zero-order valence-electron chi connectivity index (χ0n) is 15.5. The zero-order valence-corrected chi connectivity index (χ0v) is 16.2. The van der Waals surface area contributed by atoms with Crippen LogP contribution in [0.25, 0.3) is 0 Å². The molecule has 1 heterocycles. The number of benzene rings is 1. The van der Waals surface area contributed by atoms with Gasteiger partial charge in [-0.2, -0.15) is 0 Å². The van der Waals surface area contributed by atoms with E-state index in [1.807, 2.05) is 17.9 Å². The molecule has 0 aliphatic carbocycles. The number of likely N-dealkylation sites (tertiary alicyclic amines) is 1. The molecule has 1 aliphatic heterocycles. The summed E-state index contributed by atoms with van der Waals surface area (Å²) >= 11 is 6.03. The van der Waals surface area contributed by atoms with Crippen LogP contribution >= 0.6 is 11.6 Å². The van der Waals surface area contributed by atoms with E-state index in [9.17, 15) is 9.59 Å². The van der Waals surface area contributed by atoms with Gasteiger partial charge in [-0.25, -0.2) is 0 Å². The van der Waals surface area contributed by atoms with E-state index < -0.39 is 6.10 Å². The van der Waals surface area contributed by atoms with Gasteiger partial charge >= 0.3 is 0 Å². The van der Waals surface area contributed by atoms with E-state index in [1.165, 1.54) is 0 Å². The van der Waals surface area contributed by atoms with Crippen molar-refractivity contribution in [1.82, 2.24) is 10.2 Å². The molecule has 1 aromatic rings. The Morgan fingerprint density at radius 3 is 2.88 bits per heavy atom. The first-order valence-corrected chi connectivity index (χ1v) is 9.50. The SMILES string of the molecule is Cc1cc(OC(C)C(=O)N2CCCCC2CNC(=O)CCN)ccc1Cl. The van der Waals surface area contributed by atoms with Crippen LogP contribution in [0, 0.1) is 6.92 Å². The number of nitrogens with zero attached hydrogens (tertiary/aromatic N) is 1. The van der Waals surface area contributed by atoms with E-state index in [1.54, 1.807) is 19.1 Å². The van der Waals surface area contributed by atoms with Crippen LogP contribution in [-0.4, -0.2) is 48.5 Å². The lowest BCUT2D eigenvalue weighted by Gasteiger charge is -2.37. The summed E-state index contributed by atoms with van der Waals surface area (Å²) in [6.45, 7) is 5.11. The number of carbonyl (C=O) groups excluding carboxylic acids is 2. The first-order chi connectivity index (χ1) is 12.4. The molecule has 2 unspecified atom stereocenters. The number of piperidine rings is 1. The number of rotatable bonds is 7. The van der Waals surface area contributed by atoms with Crippen molar-refractivity contribution >= 4 is 23.4 Å². The Bertz CT molecular complexity index is 638. The molecule has 144 valence electrons. The number of aryl methyl sites for hydroxylation is 1. The highest BCUT2D eigenvalue weighted by atomic mass is 35.5. The van der Waals surface area contributed by atoms with E-state index in [0.29, 0.717) is 36.8 Å². The van der Waals surface area contributed by atoms with Crippen molar-refractivity contribution < 1.29 is 14.3 Å². The average molecular weight is 382 g/mol. The second kappa shape index (κ2) is 9.78. The number of nitrogens with two attached hydrogens (primary N) is 1. The molecule has 6 nitrogen and oxygen atoms in total. The van der Waals surface area contributed by atoms with Crippen molar-refractivity contribution in [3.8, 4) is 5.75 Å². The van der Waals surface area contributed by atoms with Crippen LogP contribution < -0.4 is 15.8 Å². The highest BCUT2D eigenvalue weighted by Gasteiger charge is 2.30. The Morgan fingerprint density at radius 1 is 1.42 bits per heavy atom. The Kier molecular flexibility index (Phi) is 7.72. The molecule has 0 spiro atoms. The molecule has 2 amide bonds. The topological polar surface area (TPSA) is 84.7 Å². The van der Waals surface area contributed by atoms with E-state index in [0.717, 1.165) is 24.8 Å². The van der Waals surface area contributed by atoms with Crippen molar-refractivity contribution in [1.29, 1.82) is 0 Å². The van der Waals surface area contributed by atoms with Gasteiger partial charge in [0.2, 0.25) is 5.91 Å². The van der Waals surface area contributed by atoms with Crippen LogP contribution in [0.2, 0.25) is 5.02 Å². The minimum atomic E-state index is -0.601. The fourth-order valence-corrected chi connectivity index (χ4v) is 3.25. The first-order valence-electron chi connectivity index (χ1n) is 9.12. The third-order valence-electron chi connectivity index (χ3n) is 4.61. The Balaban J connectivity index is 1.97. The number of amides is 2. The summed E-state index contributed by atoms with van der Waals surface area (Å²) < 4.78 is 5.82. The second-order valence-electron chi connectivity index (χ2n) is 6.70. The lowest BCUT2D eigenvalue weighted by Crippen LogP contribution is -2.52. The largest absolute Gasteiger partial charge is 0.481 e. The molecule has 2 atom stereocenters. The van der Waals surface area contributed by atoms with Gasteiger partial charge < -0.3 is 20.7 Å². The molecule has 1 aromatic carbocycles. The Labute approximate surface area is 160 Å². The van der Waals surface area contributed by atoms with Crippen LogP contribution in [0.4, 0.5) is 0 Å². The van der Waals surface area contributed by atoms with Gasteiger partial charge in [0.15, 0.2) is 6.10 Å². The predicted molar refractivity (Wildman–Crippen MR) is 102 cm³/mol. The fourth-order valence-electron chi connectivity index (χ4n) is 3.13. The molecule has 0 bridgehead atoms. The maximum absolute atomic E-state index is 12.9. The van der Waals surface area contributed by atoms with E-state index >= 15 is 0 Å². The number of halogens is 1. The molecule has 3 N–H and O–H groups in total. The minimum Gasteiger partial charge on any atom is -0.481 e. The molecule has 1 fully saturated rings. The average Bonchev–Trinajstić information content (AvgIpc) is 2.63. The maximum Gasteiger partial charge on any atom is 0.263 e. The van der Waals surface area contributed by atoms with Crippen molar-refractivity contribution in [2.75, 3.05) is 19.6 Å². The molecular formula is C19H28ClN3O3. The molecule has 2 rings (SSSR count). The lowest BCUT2D eigenvalue weighted by atomic mass is 10.0. The van der Waals surface area contributed by atoms with Gasteiger partial charge in [-0.1, -0.05) is 11.6 Å². The molecule has 7 heteroatoms. The van der Waals surface area contributed by atoms with Crippen LogP contribution in [0.15, 0.2) is 18.2 Å². The van der Waals surface area contributed by atoms with Gasteiger partial charge in [0.1, 0.15) is 5.75 Å². The first kappa shape index (κ1) is 20.5. The molecule has 0 saturated carbocycles.